The maximum Gasteiger partial charge on any atom is 0.305 e. The van der Waals surface area contributed by atoms with Crippen LogP contribution >= 0.6 is 0 Å². The van der Waals surface area contributed by atoms with Crippen LogP contribution in [0.4, 0.5) is 0 Å². The molecule has 0 unspecified atom stereocenters. The van der Waals surface area contributed by atoms with E-state index < -0.39 is 73.8 Å². The Hall–Kier alpha value is -0.930. The average molecular weight is 551 g/mol. The number of unbranched alkanes of at least 4 members (excludes halogenated alkanes) is 1. The molecule has 12 nitrogen and oxygen atoms in total. The van der Waals surface area contributed by atoms with Gasteiger partial charge in [0.1, 0.15) is 18.3 Å². The van der Waals surface area contributed by atoms with Gasteiger partial charge in [0.25, 0.3) is 0 Å². The van der Waals surface area contributed by atoms with E-state index in [1.54, 1.807) is 13.8 Å². The maximum absolute atomic E-state index is 11.4. The van der Waals surface area contributed by atoms with E-state index in [9.17, 15) is 25.2 Å². The lowest BCUT2D eigenvalue weighted by molar-refractivity contribution is -0.354. The fourth-order valence-corrected chi connectivity index (χ4v) is 4.90. The molecule has 3 fully saturated rings. The molecular formula is C26H46O12. The number of hydrogen-bond acceptors (Lipinski definition) is 12. The summed E-state index contributed by atoms with van der Waals surface area (Å²) in [6.07, 6.45) is -6.25. The Morgan fingerprint density at radius 3 is 1.84 bits per heavy atom. The first kappa shape index (κ1) is 31.6. The van der Waals surface area contributed by atoms with Gasteiger partial charge < -0.3 is 53.6 Å². The molecule has 0 saturated carbocycles. The van der Waals surface area contributed by atoms with E-state index in [0.717, 1.165) is 6.42 Å². The predicted octanol–water partition coefficient (Wildman–Crippen LogP) is 0.744. The summed E-state index contributed by atoms with van der Waals surface area (Å²) >= 11 is 0. The smallest absolute Gasteiger partial charge is 0.305 e. The number of esters is 1. The van der Waals surface area contributed by atoms with Gasteiger partial charge in [0, 0.05) is 25.7 Å². The average Bonchev–Trinajstić information content (AvgIpc) is 2.85. The zero-order valence-corrected chi connectivity index (χ0v) is 23.0. The minimum atomic E-state index is -1.04. The Kier molecular flexibility index (Phi) is 12.2. The topological polar surface area (TPSA) is 163 Å². The molecule has 0 spiro atoms. The number of aliphatic hydroxyl groups excluding tert-OH is 4. The first-order valence-corrected chi connectivity index (χ1v) is 13.7. The number of aliphatic hydroxyl groups is 4. The monoisotopic (exact) mass is 550 g/mol. The molecule has 0 aromatic carbocycles. The number of carbonyl (C=O) groups is 1. The van der Waals surface area contributed by atoms with Crippen molar-refractivity contribution in [3.63, 3.8) is 0 Å². The van der Waals surface area contributed by atoms with Crippen molar-refractivity contribution < 1.29 is 58.4 Å². The highest BCUT2D eigenvalue weighted by Crippen LogP contribution is 2.33. The second-order valence-corrected chi connectivity index (χ2v) is 10.7. The van der Waals surface area contributed by atoms with E-state index in [1.807, 2.05) is 13.8 Å². The summed E-state index contributed by atoms with van der Waals surface area (Å²) in [5.41, 5.74) is 0. The SMILES string of the molecule is COC(=O)CCCC[C@@H](C)O[C@@H]1O[C@@H](C)[C@H](O[C@@H]2O[C@@H](C)[C@H](O)C[C@H]2O)C[C@H]1O[C@@H]1O[C@@H](C)[C@H](O)C[C@H]1O. The quantitative estimate of drug-likeness (QED) is 0.211. The number of ether oxygens (including phenoxy) is 7. The van der Waals surface area contributed by atoms with E-state index in [0.29, 0.717) is 25.7 Å². The van der Waals surface area contributed by atoms with Crippen LogP contribution < -0.4 is 0 Å². The van der Waals surface area contributed by atoms with Crippen LogP contribution in [0.25, 0.3) is 0 Å². The zero-order valence-electron chi connectivity index (χ0n) is 23.0. The highest BCUT2D eigenvalue weighted by Gasteiger charge is 2.45. The van der Waals surface area contributed by atoms with Gasteiger partial charge in [-0.15, -0.1) is 0 Å². The number of hydrogen-bond donors (Lipinski definition) is 4. The Labute approximate surface area is 224 Å². The fraction of sp³-hybridized carbons (Fsp3) is 0.962. The molecule has 3 heterocycles. The number of methoxy groups -OCH3 is 1. The van der Waals surface area contributed by atoms with Crippen molar-refractivity contribution in [1.29, 1.82) is 0 Å². The Morgan fingerprint density at radius 2 is 1.29 bits per heavy atom. The van der Waals surface area contributed by atoms with Gasteiger partial charge in [0.15, 0.2) is 18.9 Å². The standard InChI is InChI=1S/C26H46O12/c1-13(8-6-7-9-23(31)32-5)33-26-22(38-25-20(30)11-18(28)15(3)35-25)12-21(16(4)36-26)37-24-19(29)10-17(27)14(2)34-24/h13-22,24-30H,6-12H2,1-5H3/t13-,14+,15+,16+,17-,18-,19-,20-,21-,22-,24+,25+,26-/m1/s1. The van der Waals surface area contributed by atoms with Crippen molar-refractivity contribution in [2.24, 2.45) is 0 Å². The van der Waals surface area contributed by atoms with Crippen molar-refractivity contribution in [2.75, 3.05) is 7.11 Å². The third kappa shape index (κ3) is 8.79. The van der Waals surface area contributed by atoms with Crippen LogP contribution in [0.3, 0.4) is 0 Å². The molecule has 0 radical (unpaired) electrons. The van der Waals surface area contributed by atoms with Gasteiger partial charge in [-0.05, 0) is 40.5 Å². The van der Waals surface area contributed by atoms with E-state index in [1.165, 1.54) is 7.11 Å². The van der Waals surface area contributed by atoms with Crippen LogP contribution in [0.2, 0.25) is 0 Å². The molecule has 13 atom stereocenters. The van der Waals surface area contributed by atoms with Crippen molar-refractivity contribution in [3.8, 4) is 0 Å². The molecule has 4 N–H and O–H groups in total. The molecule has 0 amide bonds. The van der Waals surface area contributed by atoms with Crippen LogP contribution in [-0.2, 0) is 38.0 Å². The molecule has 3 aliphatic heterocycles. The van der Waals surface area contributed by atoms with Gasteiger partial charge in [-0.25, -0.2) is 0 Å². The third-order valence-electron chi connectivity index (χ3n) is 7.47. The highest BCUT2D eigenvalue weighted by molar-refractivity contribution is 5.68. The number of carbonyl (C=O) groups excluding carboxylic acids is 1. The first-order chi connectivity index (χ1) is 18.0. The van der Waals surface area contributed by atoms with Crippen LogP contribution in [0.5, 0.6) is 0 Å². The molecule has 3 saturated heterocycles. The van der Waals surface area contributed by atoms with E-state index in [2.05, 4.69) is 4.74 Å². The minimum absolute atomic E-state index is 0.111. The van der Waals surface area contributed by atoms with E-state index in [4.69, 9.17) is 28.4 Å². The summed E-state index contributed by atoms with van der Waals surface area (Å²) in [7, 11) is 1.37. The first-order valence-electron chi connectivity index (χ1n) is 13.7. The van der Waals surface area contributed by atoms with Crippen molar-refractivity contribution >= 4 is 5.97 Å². The number of rotatable bonds is 11. The molecule has 0 aliphatic carbocycles. The Morgan fingerprint density at radius 1 is 0.763 bits per heavy atom. The lowest BCUT2D eigenvalue weighted by atomic mass is 10.0. The molecule has 3 aliphatic rings. The van der Waals surface area contributed by atoms with Crippen molar-refractivity contribution in [1.82, 2.24) is 0 Å². The van der Waals surface area contributed by atoms with Gasteiger partial charge >= 0.3 is 5.97 Å². The Balaban J connectivity index is 1.64. The molecule has 12 heteroatoms. The summed E-state index contributed by atoms with van der Waals surface area (Å²) in [6, 6.07) is 0. The summed E-state index contributed by atoms with van der Waals surface area (Å²) in [6.45, 7) is 7.17. The summed E-state index contributed by atoms with van der Waals surface area (Å²) in [5, 5.41) is 40.9. The van der Waals surface area contributed by atoms with Crippen LogP contribution in [0, 0.1) is 0 Å². The molecule has 222 valence electrons. The molecule has 0 aromatic heterocycles. The normalized spacial score (nSPS) is 43.0. The third-order valence-corrected chi connectivity index (χ3v) is 7.47. The zero-order chi connectivity index (χ0) is 28.0. The summed E-state index contributed by atoms with van der Waals surface area (Å²) < 4.78 is 40.7. The molecule has 3 rings (SSSR count). The summed E-state index contributed by atoms with van der Waals surface area (Å²) in [5.74, 6) is -0.246. The molecule has 0 bridgehead atoms. The van der Waals surface area contributed by atoms with Gasteiger partial charge in [0.05, 0.1) is 49.8 Å². The van der Waals surface area contributed by atoms with Gasteiger partial charge in [-0.1, -0.05) is 6.42 Å². The van der Waals surface area contributed by atoms with Crippen molar-refractivity contribution in [3.05, 3.63) is 0 Å². The lowest BCUT2D eigenvalue weighted by Gasteiger charge is -2.45. The molecular weight excluding hydrogens is 504 g/mol. The van der Waals surface area contributed by atoms with Gasteiger partial charge in [-0.2, -0.15) is 0 Å². The molecule has 0 aromatic rings. The van der Waals surface area contributed by atoms with Crippen molar-refractivity contribution in [2.45, 2.75) is 153 Å². The van der Waals surface area contributed by atoms with E-state index in [-0.39, 0.29) is 24.9 Å². The second-order valence-electron chi connectivity index (χ2n) is 10.7. The lowest BCUT2D eigenvalue weighted by Crippen LogP contribution is -2.56. The molecule has 38 heavy (non-hydrogen) atoms. The fourth-order valence-electron chi connectivity index (χ4n) is 4.90. The van der Waals surface area contributed by atoms with Gasteiger partial charge in [0.2, 0.25) is 0 Å². The van der Waals surface area contributed by atoms with E-state index >= 15 is 0 Å². The van der Waals surface area contributed by atoms with Crippen LogP contribution in [-0.4, -0.2) is 113 Å². The Bertz CT molecular complexity index is 724. The summed E-state index contributed by atoms with van der Waals surface area (Å²) in [4.78, 5) is 11.4. The minimum Gasteiger partial charge on any atom is -0.469 e. The predicted molar refractivity (Wildman–Crippen MR) is 132 cm³/mol. The largest absolute Gasteiger partial charge is 0.469 e. The second kappa shape index (κ2) is 14.6. The van der Waals surface area contributed by atoms with Crippen LogP contribution in [0.15, 0.2) is 0 Å². The van der Waals surface area contributed by atoms with Crippen LogP contribution in [0.1, 0.15) is 72.6 Å². The highest BCUT2D eigenvalue weighted by atomic mass is 16.8. The maximum atomic E-state index is 11.4. The van der Waals surface area contributed by atoms with Gasteiger partial charge in [-0.3, -0.25) is 4.79 Å².